The van der Waals surface area contributed by atoms with Gasteiger partial charge in [0, 0.05) is 6.54 Å². The highest BCUT2D eigenvalue weighted by molar-refractivity contribution is 7.80. The van der Waals surface area contributed by atoms with Crippen LogP contribution in [-0.2, 0) is 0 Å². The molecular weight excluding hydrogens is 244 g/mol. The van der Waals surface area contributed by atoms with Gasteiger partial charge in [0.1, 0.15) is 4.99 Å². The molecule has 1 aromatic heterocycles. The zero-order valence-corrected chi connectivity index (χ0v) is 11.4. The summed E-state index contributed by atoms with van der Waals surface area (Å²) in [5.74, 6) is 1.64. The first-order valence-corrected chi connectivity index (χ1v) is 7.03. The van der Waals surface area contributed by atoms with E-state index in [0.717, 1.165) is 24.4 Å². The van der Waals surface area contributed by atoms with Gasteiger partial charge in [-0.15, -0.1) is 5.10 Å². The van der Waals surface area contributed by atoms with Gasteiger partial charge in [-0.2, -0.15) is 5.10 Å². The second-order valence-electron chi connectivity index (χ2n) is 4.88. The first kappa shape index (κ1) is 13.2. The Bertz CT molecular complexity index is 402. The highest BCUT2D eigenvalue weighted by Crippen LogP contribution is 2.28. The number of nitrogens with one attached hydrogen (secondary N) is 1. The van der Waals surface area contributed by atoms with E-state index >= 15 is 0 Å². The fourth-order valence-corrected chi connectivity index (χ4v) is 2.72. The minimum atomic E-state index is 0.364. The third kappa shape index (κ3) is 3.63. The Labute approximate surface area is 113 Å². The molecule has 3 N–H and O–H groups in total. The summed E-state index contributed by atoms with van der Waals surface area (Å²) in [5.41, 5.74) is 6.42. The topological polar surface area (TPSA) is 63.8 Å². The molecule has 2 rings (SSSR count). The van der Waals surface area contributed by atoms with Crippen LogP contribution in [0.4, 0.5) is 5.82 Å². The van der Waals surface area contributed by atoms with Gasteiger partial charge in [-0.3, -0.25) is 0 Å². The van der Waals surface area contributed by atoms with Gasteiger partial charge in [0.15, 0.2) is 5.82 Å². The lowest BCUT2D eigenvalue weighted by Gasteiger charge is -2.11. The predicted octanol–water partition coefficient (Wildman–Crippen LogP) is 2.49. The minimum absolute atomic E-state index is 0.364. The number of hydrogen-bond acceptors (Lipinski definition) is 4. The van der Waals surface area contributed by atoms with Gasteiger partial charge in [0.25, 0.3) is 0 Å². The lowest BCUT2D eigenvalue weighted by molar-refractivity contribution is 0.491. The van der Waals surface area contributed by atoms with E-state index < -0.39 is 0 Å². The molecule has 98 valence electrons. The average molecular weight is 264 g/mol. The summed E-state index contributed by atoms with van der Waals surface area (Å²) < 4.78 is 0. The van der Waals surface area contributed by atoms with Crippen molar-refractivity contribution in [1.82, 2.24) is 10.2 Å². The van der Waals surface area contributed by atoms with Gasteiger partial charge in [-0.25, -0.2) is 0 Å². The van der Waals surface area contributed by atoms with Crippen LogP contribution in [0.1, 0.15) is 44.1 Å². The second kappa shape index (κ2) is 6.64. The van der Waals surface area contributed by atoms with E-state index in [-0.39, 0.29) is 0 Å². The Kier molecular flexibility index (Phi) is 4.87. The van der Waals surface area contributed by atoms with Crippen LogP contribution in [0.2, 0.25) is 0 Å². The smallest absolute Gasteiger partial charge is 0.158 e. The Morgan fingerprint density at radius 1 is 1.44 bits per heavy atom. The van der Waals surface area contributed by atoms with Gasteiger partial charge in [-0.05, 0) is 24.8 Å². The van der Waals surface area contributed by atoms with Crippen LogP contribution in [-0.4, -0.2) is 21.7 Å². The molecule has 0 atom stereocenters. The Balaban J connectivity index is 1.77. The van der Waals surface area contributed by atoms with E-state index in [9.17, 15) is 0 Å². The van der Waals surface area contributed by atoms with Crippen molar-refractivity contribution in [3.63, 3.8) is 0 Å². The molecule has 1 fully saturated rings. The third-order valence-electron chi connectivity index (χ3n) is 3.54. The Hall–Kier alpha value is -1.23. The Morgan fingerprint density at radius 3 is 2.94 bits per heavy atom. The highest BCUT2D eigenvalue weighted by atomic mass is 32.1. The van der Waals surface area contributed by atoms with Crippen molar-refractivity contribution in [3.8, 4) is 0 Å². The molecule has 0 bridgehead atoms. The molecule has 0 amide bonds. The molecule has 1 aromatic rings. The molecule has 1 saturated carbocycles. The lowest BCUT2D eigenvalue weighted by atomic mass is 10.0. The van der Waals surface area contributed by atoms with Gasteiger partial charge < -0.3 is 11.1 Å². The van der Waals surface area contributed by atoms with Crippen LogP contribution in [0.3, 0.4) is 0 Å². The number of nitrogens with two attached hydrogens (primary N) is 1. The maximum atomic E-state index is 5.64. The van der Waals surface area contributed by atoms with Crippen molar-refractivity contribution >= 4 is 23.0 Å². The first-order chi connectivity index (χ1) is 8.77. The summed E-state index contributed by atoms with van der Waals surface area (Å²) in [6.45, 7) is 0.908. The van der Waals surface area contributed by atoms with Crippen molar-refractivity contribution in [3.05, 3.63) is 17.8 Å². The van der Waals surface area contributed by atoms with Gasteiger partial charge in [-0.1, -0.05) is 37.9 Å². The number of aromatic nitrogens is 2. The molecule has 18 heavy (non-hydrogen) atoms. The van der Waals surface area contributed by atoms with E-state index in [1.165, 1.54) is 32.1 Å². The summed E-state index contributed by atoms with van der Waals surface area (Å²) in [5, 5.41) is 11.2. The molecule has 0 spiro atoms. The van der Waals surface area contributed by atoms with Crippen molar-refractivity contribution in [2.24, 2.45) is 11.7 Å². The van der Waals surface area contributed by atoms with Crippen molar-refractivity contribution in [2.75, 3.05) is 11.9 Å². The molecule has 0 unspecified atom stereocenters. The average Bonchev–Trinajstić information content (AvgIpc) is 2.88. The largest absolute Gasteiger partial charge is 0.389 e. The number of anilines is 1. The van der Waals surface area contributed by atoms with Crippen LogP contribution < -0.4 is 11.1 Å². The zero-order valence-electron chi connectivity index (χ0n) is 10.6. The SMILES string of the molecule is NC(=S)c1ccnnc1NCCCC1CCCC1. The van der Waals surface area contributed by atoms with Gasteiger partial charge in [0.2, 0.25) is 0 Å². The van der Waals surface area contributed by atoms with E-state index in [2.05, 4.69) is 15.5 Å². The van der Waals surface area contributed by atoms with Crippen LogP contribution >= 0.6 is 12.2 Å². The van der Waals surface area contributed by atoms with Crippen LogP contribution in [0.25, 0.3) is 0 Å². The minimum Gasteiger partial charge on any atom is -0.389 e. The van der Waals surface area contributed by atoms with E-state index in [1.54, 1.807) is 12.3 Å². The number of nitrogens with zero attached hydrogens (tertiary/aromatic N) is 2. The summed E-state index contributed by atoms with van der Waals surface area (Å²) >= 11 is 4.99. The van der Waals surface area contributed by atoms with Crippen molar-refractivity contribution in [2.45, 2.75) is 38.5 Å². The second-order valence-corrected chi connectivity index (χ2v) is 5.32. The van der Waals surface area contributed by atoms with Gasteiger partial charge >= 0.3 is 0 Å². The summed E-state index contributed by atoms with van der Waals surface area (Å²) in [6.07, 6.45) is 9.71. The maximum Gasteiger partial charge on any atom is 0.158 e. The van der Waals surface area contributed by atoms with Crippen molar-refractivity contribution in [1.29, 1.82) is 0 Å². The fourth-order valence-electron chi connectivity index (χ4n) is 2.56. The maximum absolute atomic E-state index is 5.64. The molecule has 0 saturated heterocycles. The van der Waals surface area contributed by atoms with E-state index in [4.69, 9.17) is 18.0 Å². The summed E-state index contributed by atoms with van der Waals surface area (Å²) in [7, 11) is 0. The molecule has 1 aliphatic carbocycles. The zero-order chi connectivity index (χ0) is 12.8. The molecule has 5 heteroatoms. The predicted molar refractivity (Wildman–Crippen MR) is 77.6 cm³/mol. The molecule has 0 radical (unpaired) electrons. The molecule has 4 nitrogen and oxygen atoms in total. The molecular formula is C13H20N4S. The summed E-state index contributed by atoms with van der Waals surface area (Å²) in [6, 6.07) is 1.80. The molecule has 0 aromatic carbocycles. The van der Waals surface area contributed by atoms with Crippen LogP contribution in [0.5, 0.6) is 0 Å². The monoisotopic (exact) mass is 264 g/mol. The molecule has 1 aliphatic rings. The Morgan fingerprint density at radius 2 is 2.22 bits per heavy atom. The number of hydrogen-bond donors (Lipinski definition) is 2. The lowest BCUT2D eigenvalue weighted by Crippen LogP contribution is -2.15. The van der Waals surface area contributed by atoms with E-state index in [1.807, 2.05) is 0 Å². The molecule has 1 heterocycles. The summed E-state index contributed by atoms with van der Waals surface area (Å²) in [4.78, 5) is 0.364. The van der Waals surface area contributed by atoms with Gasteiger partial charge in [0.05, 0.1) is 11.8 Å². The first-order valence-electron chi connectivity index (χ1n) is 6.62. The van der Waals surface area contributed by atoms with E-state index in [0.29, 0.717) is 10.8 Å². The van der Waals surface area contributed by atoms with Crippen LogP contribution in [0, 0.1) is 5.92 Å². The van der Waals surface area contributed by atoms with Crippen molar-refractivity contribution < 1.29 is 0 Å². The number of rotatable bonds is 6. The third-order valence-corrected chi connectivity index (χ3v) is 3.76. The van der Waals surface area contributed by atoms with Crippen LogP contribution in [0.15, 0.2) is 12.3 Å². The normalized spacial score (nSPS) is 15.8. The fraction of sp³-hybridized carbons (Fsp3) is 0.615. The standard InChI is InChI=1S/C13H20N4S/c14-12(18)11-7-9-16-17-13(11)15-8-3-6-10-4-1-2-5-10/h7,9-10H,1-6,8H2,(H2,14,18)(H,15,17). The molecule has 0 aliphatic heterocycles. The quantitative estimate of drug-likeness (QED) is 0.610. The number of thiocarbonyl (C=S) groups is 1. The highest BCUT2D eigenvalue weighted by Gasteiger charge is 2.14.